The van der Waals surface area contributed by atoms with Crippen LogP contribution in [0.15, 0.2) is 6.33 Å². The third-order valence-electron chi connectivity index (χ3n) is 1.27. The molecule has 0 spiro atoms. The topological polar surface area (TPSA) is 54.5 Å². The molecule has 0 unspecified atom stereocenters. The van der Waals surface area contributed by atoms with Crippen LogP contribution in [-0.4, -0.2) is 20.2 Å². The van der Waals surface area contributed by atoms with Crippen molar-refractivity contribution in [3.8, 4) is 0 Å². The predicted molar refractivity (Wildman–Crippen MR) is 43.8 cm³/mol. The maximum absolute atomic E-state index is 5.67. The van der Waals surface area contributed by atoms with Crippen molar-refractivity contribution in [3.05, 3.63) is 16.6 Å². The lowest BCUT2D eigenvalue weighted by Gasteiger charge is -1.90. The van der Waals surface area contributed by atoms with Crippen LogP contribution in [0.3, 0.4) is 0 Å². The van der Waals surface area contributed by atoms with E-state index in [2.05, 4.69) is 20.2 Å². The Bertz CT molecular complexity index is 365. The minimum atomic E-state index is 0. The van der Waals surface area contributed by atoms with Gasteiger partial charge < -0.3 is 4.98 Å². The molecule has 4 nitrogen and oxygen atoms in total. The molecule has 0 atom stereocenters. The average molecular weight is 191 g/mol. The third-order valence-corrected chi connectivity index (χ3v) is 1.79. The summed E-state index contributed by atoms with van der Waals surface area (Å²) >= 11 is 11.3. The summed E-state index contributed by atoms with van der Waals surface area (Å²) in [7, 11) is 0. The number of nitrogens with one attached hydrogen (secondary N) is 1. The van der Waals surface area contributed by atoms with Gasteiger partial charge in [0.1, 0.15) is 11.0 Å². The van der Waals surface area contributed by atoms with Crippen molar-refractivity contribution in [1.29, 1.82) is 0 Å². The van der Waals surface area contributed by atoms with Gasteiger partial charge in [-0.05, 0) is 0 Å². The van der Waals surface area contributed by atoms with Crippen LogP contribution in [0.25, 0.3) is 11.0 Å². The van der Waals surface area contributed by atoms with Crippen LogP contribution in [0.2, 0.25) is 10.3 Å². The van der Waals surface area contributed by atoms with Crippen molar-refractivity contribution in [2.24, 2.45) is 0 Å². The van der Waals surface area contributed by atoms with Crippen LogP contribution >= 0.6 is 23.2 Å². The molecule has 0 aromatic carbocycles. The number of H-pyrrole nitrogens is 1. The van der Waals surface area contributed by atoms with Crippen LogP contribution in [0.4, 0.5) is 0 Å². The summed E-state index contributed by atoms with van der Waals surface area (Å²) in [5, 5.41) is 7.71. The first-order chi connectivity index (χ1) is 5.29. The number of aromatic amines is 1. The molecule has 2 aromatic rings. The van der Waals surface area contributed by atoms with Gasteiger partial charge in [-0.25, -0.2) is 4.98 Å². The van der Waals surface area contributed by atoms with Crippen LogP contribution in [-0.2, 0) is 0 Å². The summed E-state index contributed by atoms with van der Waals surface area (Å²) in [5.74, 6) is 0. The number of aromatic nitrogens is 4. The van der Waals surface area contributed by atoms with Crippen molar-refractivity contribution in [2.75, 3.05) is 0 Å². The molecule has 0 aliphatic carbocycles. The molecule has 2 rings (SSSR count). The number of hydrogen-bond donors (Lipinski definition) is 1. The molecule has 6 heteroatoms. The molecule has 0 fully saturated rings. The molecular formula is C5H4Cl2N4. The van der Waals surface area contributed by atoms with Crippen LogP contribution in [0.5, 0.6) is 0 Å². The van der Waals surface area contributed by atoms with Gasteiger partial charge in [-0.2, -0.15) is 0 Å². The smallest absolute Gasteiger partial charge is 0.179 e. The molecular weight excluding hydrogens is 187 g/mol. The van der Waals surface area contributed by atoms with E-state index in [1.807, 2.05) is 0 Å². The van der Waals surface area contributed by atoms with Crippen molar-refractivity contribution in [3.63, 3.8) is 0 Å². The van der Waals surface area contributed by atoms with E-state index in [0.29, 0.717) is 11.0 Å². The number of halogens is 2. The SMILES string of the molecule is Clc1nnc(Cl)c2[nH]cnc12.[HH]. The summed E-state index contributed by atoms with van der Waals surface area (Å²) < 4.78 is 0. The van der Waals surface area contributed by atoms with Gasteiger partial charge in [0, 0.05) is 1.43 Å². The molecule has 0 bridgehead atoms. The third kappa shape index (κ3) is 0.948. The van der Waals surface area contributed by atoms with E-state index in [0.717, 1.165) is 0 Å². The quantitative estimate of drug-likeness (QED) is 0.691. The highest BCUT2D eigenvalue weighted by atomic mass is 35.5. The van der Waals surface area contributed by atoms with Crippen LogP contribution < -0.4 is 0 Å². The molecule has 2 aromatic heterocycles. The zero-order chi connectivity index (χ0) is 7.84. The second kappa shape index (κ2) is 2.32. The van der Waals surface area contributed by atoms with Gasteiger partial charge in [0.25, 0.3) is 0 Å². The lowest BCUT2D eigenvalue weighted by molar-refractivity contribution is 1.05. The highest BCUT2D eigenvalue weighted by Gasteiger charge is 2.06. The Morgan fingerprint density at radius 1 is 1.27 bits per heavy atom. The first kappa shape index (κ1) is 6.82. The van der Waals surface area contributed by atoms with Crippen molar-refractivity contribution >= 4 is 34.2 Å². The Labute approximate surface area is 73.0 Å². The van der Waals surface area contributed by atoms with E-state index in [1.54, 1.807) is 0 Å². The van der Waals surface area contributed by atoms with Crippen molar-refractivity contribution in [2.45, 2.75) is 0 Å². The number of hydrogen-bond acceptors (Lipinski definition) is 3. The molecule has 0 aliphatic rings. The summed E-state index contributed by atoms with van der Waals surface area (Å²) in [4.78, 5) is 6.70. The summed E-state index contributed by atoms with van der Waals surface area (Å²) in [6.45, 7) is 0. The molecule has 0 radical (unpaired) electrons. The summed E-state index contributed by atoms with van der Waals surface area (Å²) in [5.41, 5.74) is 1.17. The minimum absolute atomic E-state index is 0. The number of imidazole rings is 1. The molecule has 0 saturated heterocycles. The van der Waals surface area contributed by atoms with Gasteiger partial charge >= 0.3 is 0 Å². The van der Waals surface area contributed by atoms with Gasteiger partial charge in [-0.3, -0.25) is 0 Å². The highest BCUT2D eigenvalue weighted by Crippen LogP contribution is 2.21. The largest absolute Gasteiger partial charge is 0.342 e. The second-order valence-electron chi connectivity index (χ2n) is 1.91. The van der Waals surface area contributed by atoms with E-state index in [4.69, 9.17) is 23.2 Å². The summed E-state index contributed by atoms with van der Waals surface area (Å²) in [6, 6.07) is 0. The number of nitrogens with zero attached hydrogens (tertiary/aromatic N) is 3. The first-order valence-electron chi connectivity index (χ1n) is 2.80. The average Bonchev–Trinajstić information content (AvgIpc) is 2.45. The Hall–Kier alpha value is -0.870. The van der Waals surface area contributed by atoms with E-state index in [-0.39, 0.29) is 11.7 Å². The Morgan fingerprint density at radius 3 is 2.73 bits per heavy atom. The maximum atomic E-state index is 5.67. The van der Waals surface area contributed by atoms with Gasteiger partial charge in [0.05, 0.1) is 6.33 Å². The van der Waals surface area contributed by atoms with Gasteiger partial charge in [0.15, 0.2) is 10.3 Å². The standard InChI is InChI=1S/C5H2Cl2N4.H2/c6-4-2-3(9-1-8-2)5(7)11-10-4;/h1H,(H,8,9);1H. The van der Waals surface area contributed by atoms with E-state index in [9.17, 15) is 0 Å². The van der Waals surface area contributed by atoms with Gasteiger partial charge in [-0.15, -0.1) is 10.2 Å². The van der Waals surface area contributed by atoms with Gasteiger partial charge in [0.2, 0.25) is 0 Å². The fraction of sp³-hybridized carbons (Fsp3) is 0. The molecule has 1 N–H and O–H groups in total. The Morgan fingerprint density at radius 2 is 2.00 bits per heavy atom. The van der Waals surface area contributed by atoms with Gasteiger partial charge in [-0.1, -0.05) is 23.2 Å². The number of rotatable bonds is 0. The van der Waals surface area contributed by atoms with E-state index in [1.165, 1.54) is 6.33 Å². The number of fused-ring (bicyclic) bond motifs is 1. The zero-order valence-electron chi connectivity index (χ0n) is 5.17. The summed E-state index contributed by atoms with van der Waals surface area (Å²) in [6.07, 6.45) is 1.49. The van der Waals surface area contributed by atoms with Crippen LogP contribution in [0, 0.1) is 0 Å². The van der Waals surface area contributed by atoms with Crippen molar-refractivity contribution < 1.29 is 1.43 Å². The lowest BCUT2D eigenvalue weighted by Crippen LogP contribution is -1.84. The molecule has 11 heavy (non-hydrogen) atoms. The fourth-order valence-corrected chi connectivity index (χ4v) is 1.16. The van der Waals surface area contributed by atoms with E-state index < -0.39 is 0 Å². The maximum Gasteiger partial charge on any atom is 0.179 e. The van der Waals surface area contributed by atoms with Crippen LogP contribution in [0.1, 0.15) is 1.43 Å². The van der Waals surface area contributed by atoms with Crippen molar-refractivity contribution in [1.82, 2.24) is 20.2 Å². The highest BCUT2D eigenvalue weighted by molar-refractivity contribution is 6.37. The minimum Gasteiger partial charge on any atom is -0.342 e. The molecule has 0 saturated carbocycles. The normalized spacial score (nSPS) is 10.7. The zero-order valence-corrected chi connectivity index (χ0v) is 6.69. The lowest BCUT2D eigenvalue weighted by atomic mass is 10.5. The molecule has 2 heterocycles. The first-order valence-corrected chi connectivity index (χ1v) is 3.55. The predicted octanol–water partition coefficient (Wildman–Crippen LogP) is 1.91. The molecule has 58 valence electrons. The second-order valence-corrected chi connectivity index (χ2v) is 2.62. The molecule has 0 aliphatic heterocycles. The monoisotopic (exact) mass is 190 g/mol. The Kier molecular flexibility index (Phi) is 1.44. The molecule has 0 amide bonds. The van der Waals surface area contributed by atoms with E-state index >= 15 is 0 Å². The Balaban J connectivity index is 0.000000720. The fourth-order valence-electron chi connectivity index (χ4n) is 0.793.